The molecule has 0 bridgehead atoms. The Morgan fingerprint density at radius 3 is 2.40 bits per heavy atom. The fraction of sp³-hybridized carbons (Fsp3) is 0.480. The lowest BCUT2D eigenvalue weighted by Gasteiger charge is -2.42. The van der Waals surface area contributed by atoms with Gasteiger partial charge in [0, 0.05) is 33.9 Å². The molecule has 0 heterocycles. The number of aliphatic imine (C=N–C) groups is 1. The number of nitrogens with one attached hydrogen (secondary N) is 2. The molecule has 2 aromatic rings. The minimum atomic E-state index is 0.365. The van der Waals surface area contributed by atoms with Crippen molar-refractivity contribution < 1.29 is 9.47 Å². The van der Waals surface area contributed by atoms with E-state index < -0.39 is 0 Å². The highest BCUT2D eigenvalue weighted by Gasteiger charge is 2.36. The predicted octanol–water partition coefficient (Wildman–Crippen LogP) is 4.28. The SMILES string of the molecule is CN=C(NCc1cccc(COCc2ccccc2)c1)NCC1(CCOC)CCC1. The van der Waals surface area contributed by atoms with Crippen molar-refractivity contribution in [3.8, 4) is 0 Å². The number of benzene rings is 2. The van der Waals surface area contributed by atoms with Crippen LogP contribution in [0.2, 0.25) is 0 Å². The molecule has 30 heavy (non-hydrogen) atoms. The van der Waals surface area contributed by atoms with Crippen LogP contribution in [0.5, 0.6) is 0 Å². The number of hydrogen-bond donors (Lipinski definition) is 2. The minimum absolute atomic E-state index is 0.365. The molecule has 1 aliphatic carbocycles. The van der Waals surface area contributed by atoms with Gasteiger partial charge in [-0.1, -0.05) is 61.0 Å². The fourth-order valence-electron chi connectivity index (χ4n) is 3.88. The van der Waals surface area contributed by atoms with E-state index in [1.807, 2.05) is 25.2 Å². The molecule has 0 atom stereocenters. The molecule has 2 aromatic carbocycles. The van der Waals surface area contributed by atoms with Gasteiger partial charge in [-0.15, -0.1) is 0 Å². The van der Waals surface area contributed by atoms with Crippen LogP contribution < -0.4 is 10.6 Å². The molecule has 1 fully saturated rings. The highest BCUT2D eigenvalue weighted by atomic mass is 16.5. The standard InChI is InChI=1S/C25H35N3O2/c1-26-24(28-20-25(12-7-13-25)14-15-29-2)27-17-22-10-6-11-23(16-22)19-30-18-21-8-4-3-5-9-21/h3-6,8-11,16H,7,12-15,17-20H2,1-2H3,(H2,26,27,28). The average Bonchev–Trinajstić information content (AvgIpc) is 2.76. The van der Waals surface area contributed by atoms with Gasteiger partial charge in [0.05, 0.1) is 13.2 Å². The van der Waals surface area contributed by atoms with Crippen LogP contribution in [0, 0.1) is 5.41 Å². The van der Waals surface area contributed by atoms with Crippen LogP contribution in [-0.2, 0) is 29.2 Å². The van der Waals surface area contributed by atoms with Crippen molar-refractivity contribution in [3.63, 3.8) is 0 Å². The first-order valence-electron chi connectivity index (χ1n) is 10.9. The molecular weight excluding hydrogens is 374 g/mol. The summed E-state index contributed by atoms with van der Waals surface area (Å²) in [5.41, 5.74) is 3.96. The zero-order chi connectivity index (χ0) is 21.1. The van der Waals surface area contributed by atoms with E-state index >= 15 is 0 Å². The fourth-order valence-corrected chi connectivity index (χ4v) is 3.88. The van der Waals surface area contributed by atoms with E-state index in [2.05, 4.69) is 52.0 Å². The lowest BCUT2D eigenvalue weighted by atomic mass is 9.67. The van der Waals surface area contributed by atoms with Crippen molar-refractivity contribution in [1.29, 1.82) is 0 Å². The summed E-state index contributed by atoms with van der Waals surface area (Å²) in [5.74, 6) is 0.851. The van der Waals surface area contributed by atoms with Crippen LogP contribution in [0.25, 0.3) is 0 Å². The summed E-state index contributed by atoms with van der Waals surface area (Å²) >= 11 is 0. The summed E-state index contributed by atoms with van der Waals surface area (Å²) in [6, 6.07) is 18.8. The van der Waals surface area contributed by atoms with Gasteiger partial charge in [-0.3, -0.25) is 4.99 Å². The number of guanidine groups is 1. The van der Waals surface area contributed by atoms with Crippen molar-refractivity contribution in [3.05, 3.63) is 71.3 Å². The summed E-state index contributed by atoms with van der Waals surface area (Å²) in [5, 5.41) is 6.96. The maximum Gasteiger partial charge on any atom is 0.191 e. The highest BCUT2D eigenvalue weighted by Crippen LogP contribution is 2.43. The van der Waals surface area contributed by atoms with E-state index in [-0.39, 0.29) is 0 Å². The Hall–Kier alpha value is -2.37. The van der Waals surface area contributed by atoms with Gasteiger partial charge in [0.2, 0.25) is 0 Å². The van der Waals surface area contributed by atoms with Crippen molar-refractivity contribution in [2.24, 2.45) is 10.4 Å². The minimum Gasteiger partial charge on any atom is -0.385 e. The van der Waals surface area contributed by atoms with Crippen molar-refractivity contribution in [2.45, 2.75) is 45.4 Å². The molecule has 3 rings (SSSR count). The summed E-state index contributed by atoms with van der Waals surface area (Å²) in [7, 11) is 3.60. The number of rotatable bonds is 11. The molecule has 5 nitrogen and oxygen atoms in total. The van der Waals surface area contributed by atoms with E-state index in [1.165, 1.54) is 36.0 Å². The van der Waals surface area contributed by atoms with E-state index in [1.54, 1.807) is 7.11 Å². The van der Waals surface area contributed by atoms with Crippen LogP contribution in [-0.4, -0.2) is 33.3 Å². The van der Waals surface area contributed by atoms with Gasteiger partial charge in [0.1, 0.15) is 0 Å². The first kappa shape index (κ1) is 22.3. The maximum absolute atomic E-state index is 5.87. The number of nitrogens with zero attached hydrogens (tertiary/aromatic N) is 1. The number of methoxy groups -OCH3 is 1. The number of hydrogen-bond acceptors (Lipinski definition) is 3. The van der Waals surface area contributed by atoms with Crippen LogP contribution in [0.1, 0.15) is 42.4 Å². The Labute approximate surface area is 180 Å². The summed E-state index contributed by atoms with van der Waals surface area (Å²) < 4.78 is 11.2. The van der Waals surface area contributed by atoms with Gasteiger partial charge >= 0.3 is 0 Å². The van der Waals surface area contributed by atoms with E-state index in [0.29, 0.717) is 18.6 Å². The first-order valence-corrected chi connectivity index (χ1v) is 10.9. The molecule has 1 aliphatic rings. The third-order valence-electron chi connectivity index (χ3n) is 5.94. The van der Waals surface area contributed by atoms with E-state index in [4.69, 9.17) is 9.47 Å². The van der Waals surface area contributed by atoms with Gasteiger partial charge in [-0.2, -0.15) is 0 Å². The molecule has 0 saturated heterocycles. The van der Waals surface area contributed by atoms with Gasteiger partial charge in [-0.25, -0.2) is 0 Å². The van der Waals surface area contributed by atoms with Crippen molar-refractivity contribution >= 4 is 5.96 Å². The lowest BCUT2D eigenvalue weighted by molar-refractivity contribution is 0.0732. The van der Waals surface area contributed by atoms with Gasteiger partial charge in [-0.05, 0) is 41.4 Å². The van der Waals surface area contributed by atoms with Crippen LogP contribution in [0.3, 0.4) is 0 Å². The first-order chi connectivity index (χ1) is 14.7. The summed E-state index contributed by atoms with van der Waals surface area (Å²) in [6.45, 7) is 3.75. The second kappa shape index (κ2) is 11.7. The van der Waals surface area contributed by atoms with Gasteiger partial charge in [0.25, 0.3) is 0 Å². The van der Waals surface area contributed by atoms with Crippen molar-refractivity contribution in [1.82, 2.24) is 10.6 Å². The Balaban J connectivity index is 1.43. The van der Waals surface area contributed by atoms with Crippen LogP contribution in [0.4, 0.5) is 0 Å². The molecule has 162 valence electrons. The molecule has 0 radical (unpaired) electrons. The predicted molar refractivity (Wildman–Crippen MR) is 122 cm³/mol. The van der Waals surface area contributed by atoms with E-state index in [0.717, 1.165) is 32.1 Å². The molecule has 0 unspecified atom stereocenters. The summed E-state index contributed by atoms with van der Waals surface area (Å²) in [4.78, 5) is 4.39. The van der Waals surface area contributed by atoms with Gasteiger partial charge < -0.3 is 20.1 Å². The van der Waals surface area contributed by atoms with Crippen LogP contribution in [0.15, 0.2) is 59.6 Å². The highest BCUT2D eigenvalue weighted by molar-refractivity contribution is 5.79. The molecule has 0 aliphatic heterocycles. The normalized spacial score (nSPS) is 15.5. The molecule has 0 amide bonds. The quantitative estimate of drug-likeness (QED) is 0.430. The molecule has 5 heteroatoms. The zero-order valence-corrected chi connectivity index (χ0v) is 18.3. The number of ether oxygens (including phenoxy) is 2. The smallest absolute Gasteiger partial charge is 0.191 e. The summed E-state index contributed by atoms with van der Waals surface area (Å²) in [6.07, 6.45) is 4.96. The lowest BCUT2D eigenvalue weighted by Crippen LogP contribution is -2.46. The van der Waals surface area contributed by atoms with E-state index in [9.17, 15) is 0 Å². The average molecular weight is 410 g/mol. The topological polar surface area (TPSA) is 54.9 Å². The Kier molecular flexibility index (Phi) is 8.72. The Morgan fingerprint density at radius 2 is 1.70 bits per heavy atom. The maximum atomic E-state index is 5.87. The largest absolute Gasteiger partial charge is 0.385 e. The zero-order valence-electron chi connectivity index (χ0n) is 18.3. The van der Waals surface area contributed by atoms with Gasteiger partial charge in [0.15, 0.2) is 5.96 Å². The molecule has 1 saturated carbocycles. The monoisotopic (exact) mass is 409 g/mol. The second-order valence-electron chi connectivity index (χ2n) is 8.17. The third-order valence-corrected chi connectivity index (χ3v) is 5.94. The Morgan fingerprint density at radius 1 is 0.967 bits per heavy atom. The Bertz CT molecular complexity index is 788. The molecule has 0 spiro atoms. The molecular formula is C25H35N3O2. The molecule has 0 aromatic heterocycles. The van der Waals surface area contributed by atoms with Crippen LogP contribution >= 0.6 is 0 Å². The second-order valence-corrected chi connectivity index (χ2v) is 8.17. The third kappa shape index (κ3) is 6.85. The molecule has 2 N–H and O–H groups in total. The van der Waals surface area contributed by atoms with Crippen molar-refractivity contribution in [2.75, 3.05) is 27.3 Å².